The van der Waals surface area contributed by atoms with Crippen molar-refractivity contribution in [3.05, 3.63) is 46.0 Å². The van der Waals surface area contributed by atoms with Crippen LogP contribution in [0, 0.1) is 17.3 Å². The van der Waals surface area contributed by atoms with Gasteiger partial charge in [0, 0.05) is 23.0 Å². The molecular weight excluding hydrogens is 350 g/mol. The summed E-state index contributed by atoms with van der Waals surface area (Å²) in [5.41, 5.74) is 1.30. The van der Waals surface area contributed by atoms with E-state index in [0.29, 0.717) is 0 Å². The molecule has 0 saturated heterocycles. The minimum Gasteiger partial charge on any atom is -0.386 e. The molecule has 3 heteroatoms. The van der Waals surface area contributed by atoms with Crippen LogP contribution in [0.1, 0.15) is 45.7 Å². The normalized spacial score (nSPS) is 12.6. The average Bonchev–Trinajstić information content (AvgIpc) is 2.35. The van der Waals surface area contributed by atoms with Crippen LogP contribution < -0.4 is 0 Å². The highest BCUT2D eigenvalue weighted by atomic mass is 79.9. The molecule has 0 aromatic heterocycles. The first-order valence-electron chi connectivity index (χ1n) is 7.86. The fourth-order valence-electron chi connectivity index (χ4n) is 2.02. The molecule has 23 heavy (non-hydrogen) atoms. The van der Waals surface area contributed by atoms with Crippen LogP contribution in [0.4, 0.5) is 0 Å². The molecule has 0 heterocycles. The molecule has 2 nitrogen and oxygen atoms in total. The van der Waals surface area contributed by atoms with E-state index in [1.54, 1.807) is 13.8 Å². The van der Waals surface area contributed by atoms with Gasteiger partial charge < -0.3 is 5.11 Å². The van der Waals surface area contributed by atoms with Gasteiger partial charge >= 0.3 is 0 Å². The number of aliphatic hydroxyl groups is 1. The van der Waals surface area contributed by atoms with Crippen LogP contribution in [0.3, 0.4) is 0 Å². The van der Waals surface area contributed by atoms with Gasteiger partial charge in [-0.05, 0) is 71.0 Å². The second-order valence-corrected chi connectivity index (χ2v) is 8.44. The summed E-state index contributed by atoms with van der Waals surface area (Å²) >= 11 is 3.53. The van der Waals surface area contributed by atoms with E-state index < -0.39 is 5.60 Å². The van der Waals surface area contributed by atoms with Crippen molar-refractivity contribution in [2.45, 2.75) is 46.8 Å². The Bertz CT molecular complexity index is 609. The van der Waals surface area contributed by atoms with E-state index in [1.807, 2.05) is 12.1 Å². The van der Waals surface area contributed by atoms with Crippen molar-refractivity contribution in [2.75, 3.05) is 13.6 Å². The number of halogens is 1. The molecule has 126 valence electrons. The number of allylic oxidation sites excluding steroid dienone is 1. The van der Waals surface area contributed by atoms with Crippen molar-refractivity contribution >= 4 is 15.9 Å². The molecule has 0 aliphatic rings. The molecule has 0 atom stereocenters. The molecule has 0 spiro atoms. The van der Waals surface area contributed by atoms with E-state index in [4.69, 9.17) is 0 Å². The van der Waals surface area contributed by atoms with Gasteiger partial charge in [-0.15, -0.1) is 0 Å². The molecule has 0 fully saturated rings. The van der Waals surface area contributed by atoms with Gasteiger partial charge in [-0.1, -0.05) is 39.9 Å². The van der Waals surface area contributed by atoms with Gasteiger partial charge in [-0.25, -0.2) is 0 Å². The van der Waals surface area contributed by atoms with Crippen molar-refractivity contribution in [1.29, 1.82) is 0 Å². The lowest BCUT2D eigenvalue weighted by molar-refractivity contribution is 0.0784. The third kappa shape index (κ3) is 8.37. The Labute approximate surface area is 149 Å². The highest BCUT2D eigenvalue weighted by Gasteiger charge is 2.17. The minimum absolute atomic E-state index is 0.0417. The summed E-state index contributed by atoms with van der Waals surface area (Å²) in [6.45, 7) is 11.6. The van der Waals surface area contributed by atoms with Crippen LogP contribution in [-0.4, -0.2) is 23.6 Å². The molecule has 0 aliphatic carbocycles. The summed E-state index contributed by atoms with van der Waals surface area (Å²) in [6.07, 6.45) is 4.00. The molecular formula is C20H28BrNO. The van der Waals surface area contributed by atoms with E-state index in [-0.39, 0.29) is 5.41 Å². The minimum atomic E-state index is -0.834. The molecule has 0 saturated carbocycles. The van der Waals surface area contributed by atoms with Crippen LogP contribution in [-0.2, 0) is 12.1 Å². The number of hydrogen-bond donors (Lipinski definition) is 1. The maximum atomic E-state index is 10.2. The fourth-order valence-corrected chi connectivity index (χ4v) is 2.56. The first kappa shape index (κ1) is 20.0. The second kappa shape index (κ2) is 8.15. The molecule has 1 rings (SSSR count). The number of hydrogen-bond acceptors (Lipinski definition) is 2. The van der Waals surface area contributed by atoms with Crippen LogP contribution in [0.25, 0.3) is 0 Å². The Kier molecular flexibility index (Phi) is 7.07. The Hall–Kier alpha value is -1.08. The molecule has 0 amide bonds. The standard InChI is InChI=1S/C20H28BrNO/c1-19(2,3)10-8-7-9-11-22(6)15-16-12-17(20(4,5)23)14-18(21)13-16/h7,9,12-14,23H,11,15H2,1-6H3/b9-7+. The molecule has 1 N–H and O–H groups in total. The average molecular weight is 378 g/mol. The Balaban J connectivity index is 2.67. The smallest absolute Gasteiger partial charge is 0.0841 e. The van der Waals surface area contributed by atoms with Gasteiger partial charge in [0.05, 0.1) is 5.60 Å². The summed E-state index contributed by atoms with van der Waals surface area (Å²) in [5.74, 6) is 6.27. The van der Waals surface area contributed by atoms with Crippen molar-refractivity contribution in [3.63, 3.8) is 0 Å². The largest absolute Gasteiger partial charge is 0.386 e. The van der Waals surface area contributed by atoms with Gasteiger partial charge in [0.2, 0.25) is 0 Å². The van der Waals surface area contributed by atoms with Gasteiger partial charge in [-0.3, -0.25) is 4.90 Å². The summed E-state index contributed by atoms with van der Waals surface area (Å²) in [5, 5.41) is 10.2. The van der Waals surface area contributed by atoms with Crippen molar-refractivity contribution in [1.82, 2.24) is 4.90 Å². The molecule has 0 radical (unpaired) electrons. The van der Waals surface area contributed by atoms with Crippen molar-refractivity contribution in [2.24, 2.45) is 5.41 Å². The summed E-state index contributed by atoms with van der Waals surface area (Å²) in [4.78, 5) is 2.21. The Morgan fingerprint density at radius 1 is 1.17 bits per heavy atom. The first-order valence-corrected chi connectivity index (χ1v) is 8.65. The lowest BCUT2D eigenvalue weighted by atomic mass is 9.96. The van der Waals surface area contributed by atoms with Crippen LogP contribution in [0.2, 0.25) is 0 Å². The SMILES string of the molecule is CN(C/C=C/C#CC(C)(C)C)Cc1cc(Br)cc(C(C)(C)O)c1. The van der Waals surface area contributed by atoms with E-state index in [0.717, 1.165) is 23.1 Å². The number of rotatable bonds is 5. The molecule has 0 unspecified atom stereocenters. The first-order chi connectivity index (χ1) is 10.5. The quantitative estimate of drug-likeness (QED) is 0.750. The zero-order chi connectivity index (χ0) is 17.7. The van der Waals surface area contributed by atoms with Crippen molar-refractivity contribution < 1.29 is 5.11 Å². The maximum Gasteiger partial charge on any atom is 0.0841 e. The Morgan fingerprint density at radius 3 is 2.39 bits per heavy atom. The summed E-state index contributed by atoms with van der Waals surface area (Å²) < 4.78 is 0.993. The molecule has 1 aromatic carbocycles. The van der Waals surface area contributed by atoms with Crippen molar-refractivity contribution in [3.8, 4) is 11.8 Å². The van der Waals surface area contributed by atoms with Crippen LogP contribution in [0.5, 0.6) is 0 Å². The van der Waals surface area contributed by atoms with Gasteiger partial charge in [0.25, 0.3) is 0 Å². The van der Waals surface area contributed by atoms with E-state index in [9.17, 15) is 5.11 Å². The molecule has 0 bridgehead atoms. The molecule has 0 aliphatic heterocycles. The highest BCUT2D eigenvalue weighted by molar-refractivity contribution is 9.10. The lowest BCUT2D eigenvalue weighted by Crippen LogP contribution is -2.19. The third-order valence-electron chi connectivity index (χ3n) is 3.18. The summed E-state index contributed by atoms with van der Waals surface area (Å²) in [7, 11) is 2.08. The number of likely N-dealkylation sites (N-methyl/N-ethyl adjacent to an activating group) is 1. The lowest BCUT2D eigenvalue weighted by Gasteiger charge is -2.21. The topological polar surface area (TPSA) is 23.5 Å². The van der Waals surface area contributed by atoms with E-state index in [2.05, 4.69) is 78.7 Å². The molecule has 1 aromatic rings. The zero-order valence-corrected chi connectivity index (χ0v) is 16.7. The number of benzene rings is 1. The van der Waals surface area contributed by atoms with Gasteiger partial charge in [0.15, 0.2) is 0 Å². The number of nitrogens with zero attached hydrogens (tertiary/aromatic N) is 1. The fraction of sp³-hybridized carbons (Fsp3) is 0.500. The monoisotopic (exact) mass is 377 g/mol. The van der Waals surface area contributed by atoms with Crippen LogP contribution >= 0.6 is 15.9 Å². The van der Waals surface area contributed by atoms with Gasteiger partial charge in [-0.2, -0.15) is 0 Å². The third-order valence-corrected chi connectivity index (χ3v) is 3.64. The van der Waals surface area contributed by atoms with E-state index in [1.165, 1.54) is 5.56 Å². The summed E-state index contributed by atoms with van der Waals surface area (Å²) in [6, 6.07) is 6.12. The predicted octanol–water partition coefficient (Wildman–Crippen LogP) is 4.71. The predicted molar refractivity (Wildman–Crippen MR) is 102 cm³/mol. The Morgan fingerprint density at radius 2 is 1.83 bits per heavy atom. The van der Waals surface area contributed by atoms with E-state index >= 15 is 0 Å². The van der Waals surface area contributed by atoms with Gasteiger partial charge in [0.1, 0.15) is 0 Å². The highest BCUT2D eigenvalue weighted by Crippen LogP contribution is 2.25. The second-order valence-electron chi connectivity index (χ2n) is 7.53. The van der Waals surface area contributed by atoms with Crippen LogP contribution in [0.15, 0.2) is 34.8 Å². The maximum absolute atomic E-state index is 10.2. The zero-order valence-electron chi connectivity index (χ0n) is 15.1.